The molecule has 2 aliphatic rings. The van der Waals surface area contributed by atoms with E-state index in [9.17, 15) is 0 Å². The van der Waals surface area contributed by atoms with E-state index in [-0.39, 0.29) is 5.60 Å². The highest BCUT2D eigenvalue weighted by Crippen LogP contribution is 2.42. The van der Waals surface area contributed by atoms with Crippen LogP contribution in [0.5, 0.6) is 6.01 Å². The molecule has 0 saturated carbocycles. The standard InChI is InChI=1S/C19H22N4O3S/c1-19(2)8-11-12(10-26-19)16(23-4-6-25-7-5-23)22-17-14(11)15-13(27-17)9-20-18(21-15)24-3/h9H,4-8,10H2,1-3H3. The van der Waals surface area contributed by atoms with E-state index in [1.807, 2.05) is 6.20 Å². The quantitative estimate of drug-likeness (QED) is 0.671. The van der Waals surface area contributed by atoms with Crippen LogP contribution in [0.2, 0.25) is 0 Å². The first kappa shape index (κ1) is 17.1. The van der Waals surface area contributed by atoms with Gasteiger partial charge in [0.25, 0.3) is 0 Å². The van der Waals surface area contributed by atoms with Crippen LogP contribution in [0, 0.1) is 0 Å². The molecule has 0 spiro atoms. The average molecular weight is 386 g/mol. The molecule has 0 aliphatic carbocycles. The number of pyridine rings is 1. The van der Waals surface area contributed by atoms with Gasteiger partial charge in [-0.2, -0.15) is 4.98 Å². The van der Waals surface area contributed by atoms with Gasteiger partial charge in [-0.15, -0.1) is 11.3 Å². The summed E-state index contributed by atoms with van der Waals surface area (Å²) < 4.78 is 18.0. The van der Waals surface area contributed by atoms with Gasteiger partial charge in [-0.25, -0.2) is 9.97 Å². The molecule has 0 aromatic carbocycles. The zero-order chi connectivity index (χ0) is 18.6. The third-order valence-electron chi connectivity index (χ3n) is 5.24. The second kappa shape index (κ2) is 6.25. The van der Waals surface area contributed by atoms with E-state index in [1.54, 1.807) is 18.4 Å². The van der Waals surface area contributed by atoms with Gasteiger partial charge in [-0.05, 0) is 19.4 Å². The summed E-state index contributed by atoms with van der Waals surface area (Å²) in [5.41, 5.74) is 3.19. The van der Waals surface area contributed by atoms with Gasteiger partial charge in [-0.1, -0.05) is 0 Å². The van der Waals surface area contributed by atoms with Gasteiger partial charge in [0.15, 0.2) is 0 Å². The topological polar surface area (TPSA) is 69.6 Å². The summed E-state index contributed by atoms with van der Waals surface area (Å²) in [4.78, 5) is 17.3. The third-order valence-corrected chi connectivity index (χ3v) is 6.24. The molecule has 0 amide bonds. The molecular formula is C19H22N4O3S. The van der Waals surface area contributed by atoms with Gasteiger partial charge in [-0.3, -0.25) is 0 Å². The van der Waals surface area contributed by atoms with E-state index < -0.39 is 0 Å². The first-order valence-electron chi connectivity index (χ1n) is 9.17. The highest BCUT2D eigenvalue weighted by molar-refractivity contribution is 7.25. The van der Waals surface area contributed by atoms with Crippen LogP contribution in [0.3, 0.4) is 0 Å². The van der Waals surface area contributed by atoms with Crippen molar-refractivity contribution in [1.82, 2.24) is 15.0 Å². The molecule has 142 valence electrons. The number of fused-ring (bicyclic) bond motifs is 5. The van der Waals surface area contributed by atoms with Crippen LogP contribution in [0.25, 0.3) is 20.4 Å². The van der Waals surface area contributed by atoms with Crippen LogP contribution < -0.4 is 9.64 Å². The van der Waals surface area contributed by atoms with Crippen molar-refractivity contribution in [2.24, 2.45) is 0 Å². The molecule has 0 radical (unpaired) electrons. The Hall–Kier alpha value is -2.03. The molecule has 5 heterocycles. The Bertz CT molecular complexity index is 1030. The second-order valence-corrected chi connectivity index (χ2v) is 8.60. The van der Waals surface area contributed by atoms with Gasteiger partial charge < -0.3 is 19.1 Å². The predicted octanol–water partition coefficient (Wildman–Crippen LogP) is 2.94. The van der Waals surface area contributed by atoms with Crippen molar-refractivity contribution < 1.29 is 14.2 Å². The van der Waals surface area contributed by atoms with Crippen molar-refractivity contribution in [3.63, 3.8) is 0 Å². The lowest BCUT2D eigenvalue weighted by Gasteiger charge is -2.36. The second-order valence-electron chi connectivity index (χ2n) is 7.57. The SMILES string of the molecule is COc1ncc2sc3nc(N4CCOCC4)c4c(c3c2n1)CC(C)(C)OC4. The summed E-state index contributed by atoms with van der Waals surface area (Å²) in [7, 11) is 1.59. The molecule has 2 aliphatic heterocycles. The summed E-state index contributed by atoms with van der Waals surface area (Å²) in [6.45, 7) is 8.02. The minimum Gasteiger partial charge on any atom is -0.467 e. The predicted molar refractivity (Wildman–Crippen MR) is 105 cm³/mol. The Labute approximate surface area is 161 Å². The maximum absolute atomic E-state index is 6.15. The van der Waals surface area contributed by atoms with Crippen molar-refractivity contribution in [3.8, 4) is 6.01 Å². The molecule has 0 unspecified atom stereocenters. The average Bonchev–Trinajstić information content (AvgIpc) is 3.05. The van der Waals surface area contributed by atoms with Crippen LogP contribution in [0.4, 0.5) is 5.82 Å². The normalized spacial score (nSPS) is 19.4. The third kappa shape index (κ3) is 2.83. The van der Waals surface area contributed by atoms with Gasteiger partial charge in [0.1, 0.15) is 10.6 Å². The van der Waals surface area contributed by atoms with Crippen LogP contribution in [0.1, 0.15) is 25.0 Å². The molecule has 8 heteroatoms. The first-order valence-corrected chi connectivity index (χ1v) is 9.99. The van der Waals surface area contributed by atoms with E-state index in [4.69, 9.17) is 19.2 Å². The molecule has 0 atom stereocenters. The molecule has 0 bridgehead atoms. The van der Waals surface area contributed by atoms with Gasteiger partial charge in [0, 0.05) is 30.5 Å². The number of nitrogens with zero attached hydrogens (tertiary/aromatic N) is 4. The van der Waals surface area contributed by atoms with Crippen LogP contribution >= 0.6 is 11.3 Å². The summed E-state index contributed by atoms with van der Waals surface area (Å²) in [6.07, 6.45) is 2.66. The van der Waals surface area contributed by atoms with Crippen molar-refractivity contribution in [2.75, 3.05) is 38.3 Å². The minimum atomic E-state index is -0.213. The van der Waals surface area contributed by atoms with E-state index in [0.717, 1.165) is 59.0 Å². The largest absolute Gasteiger partial charge is 0.467 e. The number of hydrogen-bond acceptors (Lipinski definition) is 8. The highest BCUT2D eigenvalue weighted by Gasteiger charge is 2.33. The monoisotopic (exact) mass is 386 g/mol. The van der Waals surface area contributed by atoms with Crippen molar-refractivity contribution in [1.29, 1.82) is 0 Å². The number of aromatic nitrogens is 3. The zero-order valence-corrected chi connectivity index (χ0v) is 16.6. The Kier molecular flexibility index (Phi) is 3.96. The highest BCUT2D eigenvalue weighted by atomic mass is 32.1. The molecule has 0 N–H and O–H groups in total. The van der Waals surface area contributed by atoms with E-state index in [0.29, 0.717) is 12.6 Å². The molecule has 1 fully saturated rings. The number of hydrogen-bond donors (Lipinski definition) is 0. The molecule has 5 rings (SSSR count). The van der Waals surface area contributed by atoms with Crippen LogP contribution in [-0.4, -0.2) is 54.0 Å². The van der Waals surface area contributed by atoms with Gasteiger partial charge >= 0.3 is 6.01 Å². The fraction of sp³-hybridized carbons (Fsp3) is 0.526. The van der Waals surface area contributed by atoms with Crippen molar-refractivity contribution >= 4 is 37.6 Å². The lowest BCUT2D eigenvalue weighted by molar-refractivity contribution is -0.0396. The maximum Gasteiger partial charge on any atom is 0.316 e. The molecule has 3 aromatic rings. The van der Waals surface area contributed by atoms with Gasteiger partial charge in [0.2, 0.25) is 0 Å². The number of ether oxygens (including phenoxy) is 3. The smallest absolute Gasteiger partial charge is 0.316 e. The van der Waals surface area contributed by atoms with Crippen LogP contribution in [0.15, 0.2) is 6.20 Å². The number of anilines is 1. The summed E-state index contributed by atoms with van der Waals surface area (Å²) in [5, 5.41) is 1.12. The molecule has 3 aromatic heterocycles. The van der Waals surface area contributed by atoms with Crippen molar-refractivity contribution in [2.45, 2.75) is 32.5 Å². The van der Waals surface area contributed by atoms with E-state index in [2.05, 4.69) is 28.7 Å². The fourth-order valence-corrected chi connectivity index (χ4v) is 4.90. The molecule has 27 heavy (non-hydrogen) atoms. The van der Waals surface area contributed by atoms with Crippen LogP contribution in [-0.2, 0) is 22.5 Å². The lowest BCUT2D eigenvalue weighted by Crippen LogP contribution is -2.39. The molecule has 7 nitrogen and oxygen atoms in total. The zero-order valence-electron chi connectivity index (χ0n) is 15.7. The van der Waals surface area contributed by atoms with E-state index >= 15 is 0 Å². The summed E-state index contributed by atoms with van der Waals surface area (Å²) >= 11 is 1.64. The van der Waals surface area contributed by atoms with Gasteiger partial charge in [0.05, 0.1) is 48.9 Å². The first-order chi connectivity index (χ1) is 13.1. The number of morpholine rings is 1. The number of rotatable bonds is 2. The fourth-order valence-electron chi connectivity index (χ4n) is 3.89. The Morgan fingerprint density at radius 3 is 2.78 bits per heavy atom. The van der Waals surface area contributed by atoms with Crippen molar-refractivity contribution in [3.05, 3.63) is 17.3 Å². The lowest BCUT2D eigenvalue weighted by atomic mass is 9.90. The minimum absolute atomic E-state index is 0.213. The number of thiophene rings is 1. The summed E-state index contributed by atoms with van der Waals surface area (Å²) in [5.74, 6) is 1.03. The summed E-state index contributed by atoms with van der Waals surface area (Å²) in [6, 6.07) is 0.388. The maximum atomic E-state index is 6.15. The Morgan fingerprint density at radius 2 is 2.00 bits per heavy atom. The molecular weight excluding hydrogens is 364 g/mol. The Morgan fingerprint density at radius 1 is 1.19 bits per heavy atom. The number of methoxy groups -OCH3 is 1. The molecule has 1 saturated heterocycles. The Balaban J connectivity index is 1.79. The van der Waals surface area contributed by atoms with E-state index in [1.165, 1.54) is 11.1 Å².